The number of benzene rings is 1. The van der Waals surface area contributed by atoms with Crippen LogP contribution in [-0.4, -0.2) is 18.4 Å². The molecule has 2 rings (SSSR count). The van der Waals surface area contributed by atoms with Crippen molar-refractivity contribution in [1.82, 2.24) is 9.97 Å². The zero-order valence-corrected chi connectivity index (χ0v) is 11.6. The molecule has 19 heavy (non-hydrogen) atoms. The van der Waals surface area contributed by atoms with Gasteiger partial charge < -0.3 is 10.7 Å². The third-order valence-corrected chi connectivity index (χ3v) is 4.03. The number of aromatic nitrogens is 2. The van der Waals surface area contributed by atoms with Gasteiger partial charge in [0.25, 0.3) is 10.0 Å². The van der Waals surface area contributed by atoms with Crippen molar-refractivity contribution in [3.8, 4) is 0 Å². The number of aryl methyl sites for hydroxylation is 2. The predicted molar refractivity (Wildman–Crippen MR) is 73.2 cm³/mol. The maximum Gasteiger partial charge on any atom is 0.278 e. The molecule has 0 aliphatic rings. The van der Waals surface area contributed by atoms with Gasteiger partial charge in [-0.3, -0.25) is 4.72 Å². The average Bonchev–Trinajstić information content (AvgIpc) is 2.79. The topological polar surface area (TPSA) is 101 Å². The van der Waals surface area contributed by atoms with E-state index in [1.165, 1.54) is 6.20 Å². The molecule has 0 spiro atoms. The third-order valence-electron chi connectivity index (χ3n) is 2.75. The summed E-state index contributed by atoms with van der Waals surface area (Å²) >= 11 is 0. The van der Waals surface area contributed by atoms with Crippen LogP contribution >= 0.6 is 0 Å². The zero-order valence-electron chi connectivity index (χ0n) is 10.8. The van der Waals surface area contributed by atoms with Crippen molar-refractivity contribution in [2.75, 3.05) is 4.72 Å². The van der Waals surface area contributed by atoms with Crippen LogP contribution in [0.5, 0.6) is 0 Å². The molecule has 7 heteroatoms. The molecule has 1 heterocycles. The molecule has 0 unspecified atom stereocenters. The Balaban J connectivity index is 2.35. The van der Waals surface area contributed by atoms with Crippen LogP contribution in [0.3, 0.4) is 0 Å². The number of aromatic amines is 1. The third kappa shape index (κ3) is 2.94. The number of hydrogen-bond donors (Lipinski definition) is 3. The van der Waals surface area contributed by atoms with Gasteiger partial charge in [-0.15, -0.1) is 0 Å². The van der Waals surface area contributed by atoms with Gasteiger partial charge in [0, 0.05) is 6.54 Å². The molecular weight excluding hydrogens is 264 g/mol. The van der Waals surface area contributed by atoms with Crippen LogP contribution in [0, 0.1) is 13.8 Å². The number of nitrogens with one attached hydrogen (secondary N) is 2. The van der Waals surface area contributed by atoms with Crippen molar-refractivity contribution in [2.24, 2.45) is 5.73 Å². The van der Waals surface area contributed by atoms with E-state index in [0.717, 1.165) is 11.1 Å². The minimum atomic E-state index is -3.65. The van der Waals surface area contributed by atoms with Crippen molar-refractivity contribution in [1.29, 1.82) is 0 Å². The number of anilines is 1. The van der Waals surface area contributed by atoms with Crippen LogP contribution in [0.4, 0.5) is 5.69 Å². The fourth-order valence-electron chi connectivity index (χ4n) is 1.64. The Kier molecular flexibility index (Phi) is 3.59. The molecule has 0 fully saturated rings. The van der Waals surface area contributed by atoms with Crippen LogP contribution in [-0.2, 0) is 16.6 Å². The maximum atomic E-state index is 12.2. The highest BCUT2D eigenvalue weighted by molar-refractivity contribution is 7.92. The molecule has 2 aromatic rings. The van der Waals surface area contributed by atoms with Crippen LogP contribution in [0.15, 0.2) is 29.4 Å². The summed E-state index contributed by atoms with van der Waals surface area (Å²) in [4.78, 5) is 6.58. The predicted octanol–water partition coefficient (Wildman–Crippen LogP) is 1.29. The number of sulfonamides is 1. The minimum absolute atomic E-state index is 0.0440. The molecule has 6 nitrogen and oxygen atoms in total. The van der Waals surface area contributed by atoms with Gasteiger partial charge in [-0.2, -0.15) is 8.42 Å². The highest BCUT2D eigenvalue weighted by Crippen LogP contribution is 2.20. The number of rotatable bonds is 4. The van der Waals surface area contributed by atoms with E-state index in [1.807, 2.05) is 19.1 Å². The monoisotopic (exact) mass is 280 g/mol. The van der Waals surface area contributed by atoms with Gasteiger partial charge in [0.1, 0.15) is 5.82 Å². The maximum absolute atomic E-state index is 12.2. The highest BCUT2D eigenvalue weighted by atomic mass is 32.2. The number of nitrogens with zero attached hydrogens (tertiary/aromatic N) is 1. The average molecular weight is 280 g/mol. The minimum Gasteiger partial charge on any atom is -0.332 e. The second-order valence-electron chi connectivity index (χ2n) is 4.29. The molecule has 0 bridgehead atoms. The first kappa shape index (κ1) is 13.6. The molecule has 4 N–H and O–H groups in total. The van der Waals surface area contributed by atoms with Gasteiger partial charge in [0.15, 0.2) is 5.03 Å². The molecule has 0 saturated heterocycles. The van der Waals surface area contributed by atoms with Gasteiger partial charge in [0.05, 0.1) is 11.9 Å². The molecule has 1 aromatic heterocycles. The molecule has 0 aliphatic heterocycles. The Morgan fingerprint density at radius 3 is 2.68 bits per heavy atom. The number of imidazole rings is 1. The Morgan fingerprint density at radius 2 is 2.11 bits per heavy atom. The molecule has 0 atom stereocenters. The Hall–Kier alpha value is -1.86. The summed E-state index contributed by atoms with van der Waals surface area (Å²) in [5.74, 6) is 0.549. The first-order chi connectivity index (χ1) is 8.92. The SMILES string of the molecule is Cc1ncc(S(=O)(=O)Nc2cc(CN)ccc2C)[nH]1. The molecule has 0 radical (unpaired) electrons. The van der Waals surface area contributed by atoms with E-state index >= 15 is 0 Å². The highest BCUT2D eigenvalue weighted by Gasteiger charge is 2.17. The number of H-pyrrole nitrogens is 1. The van der Waals surface area contributed by atoms with Crippen LogP contribution in [0.1, 0.15) is 17.0 Å². The van der Waals surface area contributed by atoms with Gasteiger partial charge in [-0.1, -0.05) is 12.1 Å². The lowest BCUT2D eigenvalue weighted by molar-refractivity contribution is 0.598. The first-order valence-corrected chi connectivity index (χ1v) is 7.25. The Morgan fingerprint density at radius 1 is 1.37 bits per heavy atom. The molecule has 0 aliphatic carbocycles. The molecule has 102 valence electrons. The second kappa shape index (κ2) is 5.02. The van der Waals surface area contributed by atoms with Crippen molar-refractivity contribution in [2.45, 2.75) is 25.4 Å². The van der Waals surface area contributed by atoms with Crippen LogP contribution < -0.4 is 10.5 Å². The summed E-state index contributed by atoms with van der Waals surface area (Å²) in [7, 11) is -3.65. The van der Waals surface area contributed by atoms with Crippen molar-refractivity contribution >= 4 is 15.7 Å². The number of nitrogens with two attached hydrogens (primary N) is 1. The zero-order chi connectivity index (χ0) is 14.0. The summed E-state index contributed by atoms with van der Waals surface area (Å²) in [5, 5.41) is 0.0440. The van der Waals surface area contributed by atoms with E-state index in [2.05, 4.69) is 14.7 Å². The molecule has 1 aromatic carbocycles. The van der Waals surface area contributed by atoms with E-state index in [4.69, 9.17) is 5.73 Å². The molecular formula is C12H16N4O2S. The van der Waals surface area contributed by atoms with E-state index in [-0.39, 0.29) is 5.03 Å². The quantitative estimate of drug-likeness (QED) is 0.785. The molecule has 0 amide bonds. The van der Waals surface area contributed by atoms with E-state index < -0.39 is 10.0 Å². The Labute approximate surface area is 112 Å². The van der Waals surface area contributed by atoms with E-state index in [0.29, 0.717) is 18.1 Å². The summed E-state index contributed by atoms with van der Waals surface area (Å²) in [6, 6.07) is 5.43. The lowest BCUT2D eigenvalue weighted by Crippen LogP contribution is -2.14. The summed E-state index contributed by atoms with van der Waals surface area (Å²) in [5.41, 5.74) is 7.77. The fraction of sp³-hybridized carbons (Fsp3) is 0.250. The standard InChI is InChI=1S/C12H16N4O2S/c1-8-3-4-10(6-13)5-11(8)16-19(17,18)12-7-14-9(2)15-12/h3-5,7,16H,6,13H2,1-2H3,(H,14,15). The van der Waals surface area contributed by atoms with Gasteiger partial charge >= 0.3 is 0 Å². The van der Waals surface area contributed by atoms with Gasteiger partial charge in [0.2, 0.25) is 0 Å². The van der Waals surface area contributed by atoms with Crippen LogP contribution in [0.2, 0.25) is 0 Å². The van der Waals surface area contributed by atoms with E-state index in [1.54, 1.807) is 13.0 Å². The fourth-order valence-corrected chi connectivity index (χ4v) is 2.73. The lowest BCUT2D eigenvalue weighted by atomic mass is 10.1. The normalized spacial score (nSPS) is 11.5. The van der Waals surface area contributed by atoms with Gasteiger partial charge in [-0.05, 0) is 31.0 Å². The lowest BCUT2D eigenvalue weighted by Gasteiger charge is -2.10. The first-order valence-electron chi connectivity index (χ1n) is 5.76. The number of hydrogen-bond acceptors (Lipinski definition) is 4. The van der Waals surface area contributed by atoms with E-state index in [9.17, 15) is 8.42 Å². The Bertz CT molecular complexity index is 692. The van der Waals surface area contributed by atoms with Crippen molar-refractivity contribution in [3.63, 3.8) is 0 Å². The summed E-state index contributed by atoms with van der Waals surface area (Å²) in [6.45, 7) is 3.88. The summed E-state index contributed by atoms with van der Waals surface area (Å²) < 4.78 is 26.8. The van der Waals surface area contributed by atoms with Crippen LogP contribution in [0.25, 0.3) is 0 Å². The van der Waals surface area contributed by atoms with Gasteiger partial charge in [-0.25, -0.2) is 4.98 Å². The second-order valence-corrected chi connectivity index (χ2v) is 5.94. The molecule has 0 saturated carbocycles. The largest absolute Gasteiger partial charge is 0.332 e. The summed E-state index contributed by atoms with van der Waals surface area (Å²) in [6.07, 6.45) is 1.29. The van der Waals surface area contributed by atoms with Crippen molar-refractivity contribution < 1.29 is 8.42 Å². The smallest absolute Gasteiger partial charge is 0.278 e. The van der Waals surface area contributed by atoms with Crippen molar-refractivity contribution in [3.05, 3.63) is 41.3 Å².